The van der Waals surface area contributed by atoms with Crippen molar-refractivity contribution in [2.24, 2.45) is 0 Å². The Balaban J connectivity index is 2.22. The second kappa shape index (κ2) is 7.15. The zero-order valence-corrected chi connectivity index (χ0v) is 12.0. The van der Waals surface area contributed by atoms with Gasteiger partial charge in [-0.1, -0.05) is 55.8 Å². The summed E-state index contributed by atoms with van der Waals surface area (Å²) in [5, 5.41) is 0. The third kappa shape index (κ3) is 3.71. The van der Waals surface area contributed by atoms with Crippen LogP contribution in [0.1, 0.15) is 35.7 Å². The molecule has 0 aliphatic carbocycles. The van der Waals surface area contributed by atoms with Crippen molar-refractivity contribution >= 4 is 17.5 Å². The Morgan fingerprint density at radius 2 is 1.68 bits per heavy atom. The summed E-state index contributed by atoms with van der Waals surface area (Å²) in [4.78, 5) is 13.6. The van der Waals surface area contributed by atoms with Crippen LogP contribution in [0, 0.1) is 0 Å². The summed E-state index contributed by atoms with van der Waals surface area (Å²) < 4.78 is 0. The molecule has 2 aromatic rings. The predicted octanol–water partition coefficient (Wildman–Crippen LogP) is 4.81. The van der Waals surface area contributed by atoms with Crippen molar-refractivity contribution in [3.8, 4) is 0 Å². The van der Waals surface area contributed by atoms with E-state index in [-0.39, 0.29) is 5.78 Å². The Hall–Kier alpha value is -1.54. The molecule has 98 valence electrons. The highest BCUT2D eigenvalue weighted by Gasteiger charge is 2.12. The lowest BCUT2D eigenvalue weighted by molar-refractivity contribution is 0.103. The average molecular weight is 270 g/mol. The Morgan fingerprint density at radius 3 is 2.42 bits per heavy atom. The van der Waals surface area contributed by atoms with Gasteiger partial charge in [0.1, 0.15) is 0 Å². The quantitative estimate of drug-likeness (QED) is 0.425. The van der Waals surface area contributed by atoms with Crippen LogP contribution >= 0.6 is 11.8 Å². The molecule has 2 heteroatoms. The predicted molar refractivity (Wildman–Crippen MR) is 81.9 cm³/mol. The van der Waals surface area contributed by atoms with Gasteiger partial charge in [0, 0.05) is 16.0 Å². The molecule has 19 heavy (non-hydrogen) atoms. The number of rotatable bonds is 6. The maximum atomic E-state index is 12.5. The van der Waals surface area contributed by atoms with Crippen LogP contribution in [-0.2, 0) is 0 Å². The molecule has 0 aromatic heterocycles. The van der Waals surface area contributed by atoms with Crippen LogP contribution in [-0.4, -0.2) is 11.5 Å². The van der Waals surface area contributed by atoms with Crippen LogP contribution < -0.4 is 0 Å². The number of thioether (sulfide) groups is 1. The van der Waals surface area contributed by atoms with E-state index in [1.165, 1.54) is 12.8 Å². The first-order chi connectivity index (χ1) is 9.33. The van der Waals surface area contributed by atoms with Crippen molar-refractivity contribution in [2.45, 2.75) is 24.7 Å². The van der Waals surface area contributed by atoms with Gasteiger partial charge in [-0.3, -0.25) is 4.79 Å². The highest BCUT2D eigenvalue weighted by molar-refractivity contribution is 7.99. The van der Waals surface area contributed by atoms with Crippen LogP contribution in [0.4, 0.5) is 0 Å². The smallest absolute Gasteiger partial charge is 0.194 e. The number of hydrogen-bond acceptors (Lipinski definition) is 2. The molecule has 0 saturated heterocycles. The third-order valence-electron chi connectivity index (χ3n) is 2.92. The molecule has 0 spiro atoms. The van der Waals surface area contributed by atoms with Crippen molar-refractivity contribution in [1.82, 2.24) is 0 Å². The lowest BCUT2D eigenvalue weighted by Gasteiger charge is -2.08. The number of carbonyl (C=O) groups is 1. The zero-order chi connectivity index (χ0) is 13.5. The van der Waals surface area contributed by atoms with Crippen molar-refractivity contribution in [3.05, 3.63) is 65.7 Å². The molecule has 0 aliphatic heterocycles. The zero-order valence-electron chi connectivity index (χ0n) is 11.1. The minimum atomic E-state index is 0.111. The van der Waals surface area contributed by atoms with Gasteiger partial charge in [0.15, 0.2) is 5.78 Å². The van der Waals surface area contributed by atoms with E-state index in [9.17, 15) is 4.79 Å². The lowest BCUT2D eigenvalue weighted by Crippen LogP contribution is -2.02. The van der Waals surface area contributed by atoms with E-state index in [1.807, 2.05) is 54.6 Å². The fourth-order valence-corrected chi connectivity index (χ4v) is 3.00. The Morgan fingerprint density at radius 1 is 1.00 bits per heavy atom. The molecule has 0 amide bonds. The van der Waals surface area contributed by atoms with Crippen molar-refractivity contribution in [1.29, 1.82) is 0 Å². The summed E-state index contributed by atoms with van der Waals surface area (Å²) in [6.45, 7) is 2.18. The molecule has 0 aliphatic rings. The fourth-order valence-electron chi connectivity index (χ4n) is 1.85. The highest BCUT2D eigenvalue weighted by Crippen LogP contribution is 2.25. The van der Waals surface area contributed by atoms with E-state index in [4.69, 9.17) is 0 Å². The Kier molecular flexibility index (Phi) is 5.22. The van der Waals surface area contributed by atoms with Crippen LogP contribution in [0.2, 0.25) is 0 Å². The maximum absolute atomic E-state index is 12.5. The molecule has 0 radical (unpaired) electrons. The van der Waals surface area contributed by atoms with E-state index >= 15 is 0 Å². The number of ketones is 1. The first-order valence-corrected chi connectivity index (χ1v) is 7.63. The molecule has 0 unspecified atom stereocenters. The van der Waals surface area contributed by atoms with E-state index < -0.39 is 0 Å². The second-order valence-corrected chi connectivity index (χ2v) is 5.53. The number of unbranched alkanes of at least 4 members (excludes halogenated alkanes) is 1. The second-order valence-electron chi connectivity index (χ2n) is 4.39. The summed E-state index contributed by atoms with van der Waals surface area (Å²) in [6, 6.07) is 17.4. The Labute approximate surface area is 119 Å². The molecule has 1 nitrogen and oxygen atoms in total. The summed E-state index contributed by atoms with van der Waals surface area (Å²) in [6.07, 6.45) is 2.36. The van der Waals surface area contributed by atoms with Gasteiger partial charge in [-0.15, -0.1) is 11.8 Å². The molecule has 0 bridgehead atoms. The molecule has 0 saturated carbocycles. The van der Waals surface area contributed by atoms with Gasteiger partial charge in [0.05, 0.1) is 0 Å². The van der Waals surface area contributed by atoms with Gasteiger partial charge in [0.2, 0.25) is 0 Å². The molecule has 0 fully saturated rings. The van der Waals surface area contributed by atoms with Crippen LogP contribution in [0.5, 0.6) is 0 Å². The van der Waals surface area contributed by atoms with E-state index in [1.54, 1.807) is 11.8 Å². The van der Waals surface area contributed by atoms with Crippen LogP contribution in [0.3, 0.4) is 0 Å². The van der Waals surface area contributed by atoms with Crippen molar-refractivity contribution < 1.29 is 4.79 Å². The summed E-state index contributed by atoms with van der Waals surface area (Å²) in [7, 11) is 0. The Bertz CT molecular complexity index is 534. The monoisotopic (exact) mass is 270 g/mol. The summed E-state index contributed by atoms with van der Waals surface area (Å²) >= 11 is 1.77. The molecule has 2 aromatic carbocycles. The average Bonchev–Trinajstić information content (AvgIpc) is 2.48. The van der Waals surface area contributed by atoms with Crippen LogP contribution in [0.15, 0.2) is 59.5 Å². The normalized spacial score (nSPS) is 10.4. The van der Waals surface area contributed by atoms with Crippen molar-refractivity contribution in [3.63, 3.8) is 0 Å². The molecule has 2 rings (SSSR count). The van der Waals surface area contributed by atoms with Crippen LogP contribution in [0.25, 0.3) is 0 Å². The van der Waals surface area contributed by atoms with E-state index in [2.05, 4.69) is 6.92 Å². The fraction of sp³-hybridized carbons (Fsp3) is 0.235. The maximum Gasteiger partial charge on any atom is 0.194 e. The van der Waals surface area contributed by atoms with Gasteiger partial charge in [0.25, 0.3) is 0 Å². The van der Waals surface area contributed by atoms with Gasteiger partial charge >= 0.3 is 0 Å². The standard InChI is InChI=1S/C17H18OS/c1-2-3-13-19-16-12-8-7-11-15(16)17(18)14-9-5-4-6-10-14/h4-12H,2-3,13H2,1H3. The van der Waals surface area contributed by atoms with Gasteiger partial charge in [-0.25, -0.2) is 0 Å². The van der Waals surface area contributed by atoms with E-state index in [0.717, 1.165) is 21.8 Å². The number of carbonyl (C=O) groups excluding carboxylic acids is 1. The van der Waals surface area contributed by atoms with Gasteiger partial charge < -0.3 is 0 Å². The minimum absolute atomic E-state index is 0.111. The SMILES string of the molecule is CCCCSc1ccccc1C(=O)c1ccccc1. The first-order valence-electron chi connectivity index (χ1n) is 6.64. The van der Waals surface area contributed by atoms with Crippen molar-refractivity contribution in [2.75, 3.05) is 5.75 Å². The summed E-state index contributed by atoms with van der Waals surface area (Å²) in [5.74, 6) is 1.18. The number of hydrogen-bond donors (Lipinski definition) is 0. The minimum Gasteiger partial charge on any atom is -0.289 e. The largest absolute Gasteiger partial charge is 0.289 e. The lowest BCUT2D eigenvalue weighted by atomic mass is 10.0. The first kappa shape index (κ1) is 13.9. The molecular formula is C17H18OS. The molecule has 0 atom stereocenters. The van der Waals surface area contributed by atoms with E-state index in [0.29, 0.717) is 0 Å². The van der Waals surface area contributed by atoms with Gasteiger partial charge in [-0.05, 0) is 24.3 Å². The third-order valence-corrected chi connectivity index (χ3v) is 4.08. The topological polar surface area (TPSA) is 17.1 Å². The summed E-state index contributed by atoms with van der Waals surface area (Å²) in [5.41, 5.74) is 1.57. The molecular weight excluding hydrogens is 252 g/mol. The molecule has 0 heterocycles. The van der Waals surface area contributed by atoms with Gasteiger partial charge in [-0.2, -0.15) is 0 Å². The number of benzene rings is 2. The highest BCUT2D eigenvalue weighted by atomic mass is 32.2. The molecule has 0 N–H and O–H groups in total.